The predicted molar refractivity (Wildman–Crippen MR) is 113 cm³/mol. The van der Waals surface area contributed by atoms with Crippen molar-refractivity contribution in [2.45, 2.75) is 6.18 Å². The number of halogens is 4. The molecule has 0 spiro atoms. The molecular formula is C20H14ClF3N6O. The third-order valence-corrected chi connectivity index (χ3v) is 4.50. The number of hydrogen-bond donors (Lipinski definition) is 4. The zero-order chi connectivity index (χ0) is 22.0. The van der Waals surface area contributed by atoms with Gasteiger partial charge >= 0.3 is 12.2 Å². The first-order chi connectivity index (χ1) is 14.8. The van der Waals surface area contributed by atoms with Crippen LogP contribution in [-0.4, -0.2) is 21.0 Å². The summed E-state index contributed by atoms with van der Waals surface area (Å²) >= 11 is 6.02. The maximum atomic E-state index is 12.8. The van der Waals surface area contributed by atoms with Crippen LogP contribution in [0, 0.1) is 0 Å². The first-order valence-electron chi connectivity index (χ1n) is 8.90. The molecule has 0 atom stereocenters. The van der Waals surface area contributed by atoms with Crippen LogP contribution in [0.4, 0.5) is 41.0 Å². The number of pyridine rings is 1. The number of imidazole rings is 1. The molecule has 7 nitrogen and oxygen atoms in total. The van der Waals surface area contributed by atoms with Crippen LogP contribution in [0.3, 0.4) is 0 Å². The van der Waals surface area contributed by atoms with E-state index in [2.05, 4.69) is 30.9 Å². The number of carbonyl (C=O) groups excluding carboxylic acids is 1. The lowest BCUT2D eigenvalue weighted by molar-refractivity contribution is -0.137. The summed E-state index contributed by atoms with van der Waals surface area (Å²) in [4.78, 5) is 23.5. The summed E-state index contributed by atoms with van der Waals surface area (Å²) in [6.45, 7) is 0. The fourth-order valence-electron chi connectivity index (χ4n) is 2.80. The molecule has 4 N–H and O–H groups in total. The van der Waals surface area contributed by atoms with Gasteiger partial charge in [0.15, 0.2) is 5.15 Å². The van der Waals surface area contributed by atoms with Crippen LogP contribution in [0.5, 0.6) is 0 Å². The normalized spacial score (nSPS) is 11.4. The summed E-state index contributed by atoms with van der Waals surface area (Å²) in [7, 11) is 0. The largest absolute Gasteiger partial charge is 0.416 e. The van der Waals surface area contributed by atoms with Gasteiger partial charge in [0.1, 0.15) is 5.52 Å². The summed E-state index contributed by atoms with van der Waals surface area (Å²) in [5.41, 5.74) is 1.59. The SMILES string of the molecule is O=C(Nc1ccc(Nc2nc3ccnc(Cl)c3[nH]2)cc1)Nc1cccc(C(F)(F)F)c1. The van der Waals surface area contributed by atoms with Crippen LogP contribution in [0.2, 0.25) is 5.15 Å². The van der Waals surface area contributed by atoms with Crippen molar-refractivity contribution >= 4 is 51.7 Å². The zero-order valence-corrected chi connectivity index (χ0v) is 16.3. The number of benzene rings is 2. The molecule has 158 valence electrons. The van der Waals surface area contributed by atoms with Crippen molar-refractivity contribution in [2.75, 3.05) is 16.0 Å². The molecule has 0 aliphatic carbocycles. The Kier molecular flexibility index (Phi) is 5.38. The number of alkyl halides is 3. The standard InChI is InChI=1S/C20H14ClF3N6O/c21-17-16-15(8-9-25-17)29-18(30-16)26-12-4-6-13(7-5-12)27-19(31)28-14-3-1-2-11(10-14)20(22,23)24/h1-10H,(H2,26,29,30)(H2,27,28,31). The monoisotopic (exact) mass is 446 g/mol. The topological polar surface area (TPSA) is 94.7 Å². The van der Waals surface area contributed by atoms with E-state index < -0.39 is 17.8 Å². The number of nitrogens with zero attached hydrogens (tertiary/aromatic N) is 2. The van der Waals surface area contributed by atoms with E-state index in [0.29, 0.717) is 33.5 Å². The van der Waals surface area contributed by atoms with Crippen LogP contribution < -0.4 is 16.0 Å². The second-order valence-corrected chi connectivity index (χ2v) is 6.80. The Morgan fingerprint density at radius 1 is 0.968 bits per heavy atom. The maximum absolute atomic E-state index is 12.8. The number of carbonyl (C=O) groups is 1. The summed E-state index contributed by atoms with van der Waals surface area (Å²) in [5.74, 6) is 0.466. The van der Waals surface area contributed by atoms with Gasteiger partial charge < -0.3 is 20.9 Å². The lowest BCUT2D eigenvalue weighted by Crippen LogP contribution is -2.19. The number of fused-ring (bicyclic) bond motifs is 1. The van der Waals surface area contributed by atoms with Gasteiger partial charge in [0, 0.05) is 23.3 Å². The molecule has 2 heterocycles. The number of H-pyrrole nitrogens is 1. The van der Waals surface area contributed by atoms with Crippen molar-refractivity contribution < 1.29 is 18.0 Å². The third kappa shape index (κ3) is 4.86. The van der Waals surface area contributed by atoms with E-state index in [0.717, 1.165) is 12.1 Å². The van der Waals surface area contributed by atoms with Crippen LogP contribution in [-0.2, 0) is 6.18 Å². The first kappa shape index (κ1) is 20.5. The van der Waals surface area contributed by atoms with E-state index in [9.17, 15) is 18.0 Å². The number of hydrogen-bond acceptors (Lipinski definition) is 4. The summed E-state index contributed by atoms with van der Waals surface area (Å²) in [6.07, 6.45) is -2.93. The minimum atomic E-state index is -4.49. The molecule has 0 bridgehead atoms. The minimum absolute atomic E-state index is 0.0312. The van der Waals surface area contributed by atoms with E-state index >= 15 is 0 Å². The molecular weight excluding hydrogens is 433 g/mol. The molecule has 0 saturated carbocycles. The highest BCUT2D eigenvalue weighted by atomic mass is 35.5. The van der Waals surface area contributed by atoms with Gasteiger partial charge in [0.05, 0.1) is 11.1 Å². The summed E-state index contributed by atoms with van der Waals surface area (Å²) in [5, 5.41) is 8.32. The second kappa shape index (κ2) is 8.15. The lowest BCUT2D eigenvalue weighted by atomic mass is 10.2. The van der Waals surface area contributed by atoms with Gasteiger partial charge in [-0.05, 0) is 48.5 Å². The first-order valence-corrected chi connectivity index (χ1v) is 9.28. The Bertz CT molecular complexity index is 1240. The molecule has 2 aromatic heterocycles. The average molecular weight is 447 g/mol. The van der Waals surface area contributed by atoms with Gasteiger partial charge in [-0.2, -0.15) is 13.2 Å². The molecule has 11 heteroatoms. The predicted octanol–water partition coefficient (Wildman–Crippen LogP) is 6.02. The molecule has 2 amide bonds. The van der Waals surface area contributed by atoms with Gasteiger partial charge in [-0.3, -0.25) is 0 Å². The molecule has 0 fully saturated rings. The molecule has 0 unspecified atom stereocenters. The fourth-order valence-corrected chi connectivity index (χ4v) is 3.00. The van der Waals surface area contributed by atoms with Crippen LogP contribution in [0.1, 0.15) is 5.56 Å². The Hall–Kier alpha value is -3.79. The minimum Gasteiger partial charge on any atom is -0.326 e. The highest BCUT2D eigenvalue weighted by molar-refractivity contribution is 6.33. The van der Waals surface area contributed by atoms with Crippen molar-refractivity contribution in [3.8, 4) is 0 Å². The van der Waals surface area contributed by atoms with Gasteiger partial charge in [-0.15, -0.1) is 0 Å². The Morgan fingerprint density at radius 3 is 2.39 bits per heavy atom. The molecule has 0 saturated heterocycles. The zero-order valence-electron chi connectivity index (χ0n) is 15.6. The number of urea groups is 1. The van der Waals surface area contributed by atoms with Gasteiger partial charge in [-0.25, -0.2) is 14.8 Å². The van der Waals surface area contributed by atoms with Crippen LogP contribution in [0.15, 0.2) is 60.8 Å². The van der Waals surface area contributed by atoms with Crippen LogP contribution >= 0.6 is 11.6 Å². The molecule has 4 aromatic rings. The molecule has 2 aromatic carbocycles. The number of anilines is 4. The van der Waals surface area contributed by atoms with Gasteiger partial charge in [-0.1, -0.05) is 17.7 Å². The van der Waals surface area contributed by atoms with E-state index in [1.54, 1.807) is 36.5 Å². The fraction of sp³-hybridized carbons (Fsp3) is 0.0500. The molecule has 0 aliphatic heterocycles. The van der Waals surface area contributed by atoms with Crippen LogP contribution in [0.25, 0.3) is 11.0 Å². The third-order valence-electron chi connectivity index (χ3n) is 4.21. The number of nitrogens with one attached hydrogen (secondary N) is 4. The van der Waals surface area contributed by atoms with Gasteiger partial charge in [0.2, 0.25) is 5.95 Å². The lowest BCUT2D eigenvalue weighted by Gasteiger charge is -2.11. The van der Waals surface area contributed by atoms with Crippen molar-refractivity contribution in [3.63, 3.8) is 0 Å². The number of amides is 2. The van der Waals surface area contributed by atoms with Crippen molar-refractivity contribution in [2.24, 2.45) is 0 Å². The molecule has 0 radical (unpaired) electrons. The number of aromatic nitrogens is 3. The summed E-state index contributed by atoms with van der Waals surface area (Å²) < 4.78 is 38.3. The Morgan fingerprint density at radius 2 is 1.68 bits per heavy atom. The molecule has 0 aliphatic rings. The quantitative estimate of drug-likeness (QED) is 0.288. The van der Waals surface area contributed by atoms with Crippen molar-refractivity contribution in [1.82, 2.24) is 15.0 Å². The second-order valence-electron chi connectivity index (χ2n) is 6.44. The van der Waals surface area contributed by atoms with Crippen molar-refractivity contribution in [1.29, 1.82) is 0 Å². The van der Waals surface area contributed by atoms with E-state index in [1.165, 1.54) is 12.1 Å². The molecule has 4 rings (SSSR count). The number of aromatic amines is 1. The smallest absolute Gasteiger partial charge is 0.326 e. The van der Waals surface area contributed by atoms with Gasteiger partial charge in [0.25, 0.3) is 0 Å². The Labute approximate surface area is 178 Å². The van der Waals surface area contributed by atoms with Crippen molar-refractivity contribution in [3.05, 3.63) is 71.5 Å². The van der Waals surface area contributed by atoms with E-state index in [-0.39, 0.29) is 5.69 Å². The average Bonchev–Trinajstić information content (AvgIpc) is 3.13. The Balaban J connectivity index is 1.39. The summed E-state index contributed by atoms with van der Waals surface area (Å²) in [6, 6.07) is 12.1. The van der Waals surface area contributed by atoms with E-state index in [4.69, 9.17) is 11.6 Å². The van der Waals surface area contributed by atoms with E-state index in [1.807, 2.05) is 0 Å². The number of rotatable bonds is 4. The molecule has 31 heavy (non-hydrogen) atoms. The highest BCUT2D eigenvalue weighted by Gasteiger charge is 2.30. The maximum Gasteiger partial charge on any atom is 0.416 e. The highest BCUT2D eigenvalue weighted by Crippen LogP contribution is 2.30.